The summed E-state index contributed by atoms with van der Waals surface area (Å²) in [4.78, 5) is 29.8. The van der Waals surface area contributed by atoms with Crippen molar-refractivity contribution < 1.29 is 36.6 Å². The first-order valence-corrected chi connectivity index (χ1v) is 16.8. The minimum atomic E-state index is -4.26. The van der Waals surface area contributed by atoms with E-state index in [2.05, 4.69) is 20.8 Å². The molecule has 0 spiro atoms. The van der Waals surface area contributed by atoms with Crippen LogP contribution in [0.4, 0.5) is 0 Å². The van der Waals surface area contributed by atoms with Crippen LogP contribution >= 0.6 is 0 Å². The Kier molecular flexibility index (Phi) is 9.61. The van der Waals surface area contributed by atoms with E-state index in [0.717, 1.165) is 12.1 Å². The van der Waals surface area contributed by atoms with E-state index in [0.29, 0.717) is 54.0 Å². The zero-order valence-corrected chi connectivity index (χ0v) is 27.2. The van der Waals surface area contributed by atoms with E-state index in [1.165, 1.54) is 30.3 Å². The van der Waals surface area contributed by atoms with Gasteiger partial charge in [0.2, 0.25) is 5.91 Å². The fourth-order valence-electron chi connectivity index (χ4n) is 5.57. The van der Waals surface area contributed by atoms with Gasteiger partial charge in [-0.15, -0.1) is 0 Å². The van der Waals surface area contributed by atoms with E-state index in [-0.39, 0.29) is 40.9 Å². The van der Waals surface area contributed by atoms with Gasteiger partial charge in [-0.2, -0.15) is 5.26 Å². The van der Waals surface area contributed by atoms with Gasteiger partial charge in [-0.25, -0.2) is 13.2 Å². The van der Waals surface area contributed by atoms with Crippen molar-refractivity contribution in [2.24, 2.45) is 0 Å². The molecule has 49 heavy (non-hydrogen) atoms. The van der Waals surface area contributed by atoms with E-state index in [4.69, 9.17) is 19.2 Å². The summed E-state index contributed by atoms with van der Waals surface area (Å²) in [6.45, 7) is 4.70. The SMILES string of the molecule is Cc1c(CC(=O)N2CCN(Cc3ccc(C#N)cc3)CC2)c(=O)oc2cc(OCCOc3no[n+]([O-])c3S(=O)(=O)c3ccccc3)ccc12. The van der Waals surface area contributed by atoms with Crippen molar-refractivity contribution in [3.63, 3.8) is 0 Å². The summed E-state index contributed by atoms with van der Waals surface area (Å²) < 4.78 is 47.0. The number of nitriles is 1. The highest BCUT2D eigenvalue weighted by Gasteiger charge is 2.35. The highest BCUT2D eigenvalue weighted by molar-refractivity contribution is 7.91. The van der Waals surface area contributed by atoms with Gasteiger partial charge >= 0.3 is 16.5 Å². The zero-order chi connectivity index (χ0) is 34.5. The third kappa shape index (κ3) is 7.25. The topological polar surface area (TPSA) is 183 Å². The Labute approximate surface area is 280 Å². The Morgan fingerprint density at radius 1 is 1.02 bits per heavy atom. The first-order chi connectivity index (χ1) is 23.6. The molecule has 0 radical (unpaired) electrons. The molecule has 1 aliphatic rings. The van der Waals surface area contributed by atoms with E-state index in [9.17, 15) is 23.2 Å². The van der Waals surface area contributed by atoms with Gasteiger partial charge in [0.25, 0.3) is 9.84 Å². The highest BCUT2D eigenvalue weighted by Crippen LogP contribution is 2.26. The normalized spacial score (nSPS) is 13.7. The van der Waals surface area contributed by atoms with Crippen molar-refractivity contribution in [1.29, 1.82) is 5.26 Å². The molecule has 1 fully saturated rings. The number of carbonyl (C=O) groups excluding carboxylic acids is 1. The van der Waals surface area contributed by atoms with Crippen LogP contribution in [-0.4, -0.2) is 68.7 Å². The van der Waals surface area contributed by atoms with Crippen LogP contribution in [0.2, 0.25) is 0 Å². The average Bonchev–Trinajstić information content (AvgIpc) is 3.50. The van der Waals surface area contributed by atoms with Gasteiger partial charge < -0.3 is 24.0 Å². The molecular formula is C34H31N5O9S. The van der Waals surface area contributed by atoms with Gasteiger partial charge in [0.1, 0.15) is 24.5 Å². The lowest BCUT2D eigenvalue weighted by molar-refractivity contribution is -0.832. The number of aryl methyl sites for hydroxylation is 1. The molecule has 0 atom stereocenters. The molecule has 0 N–H and O–H groups in total. The van der Waals surface area contributed by atoms with Crippen LogP contribution in [0.3, 0.4) is 0 Å². The number of sulfone groups is 1. The van der Waals surface area contributed by atoms with Gasteiger partial charge in [0.05, 0.1) is 33.7 Å². The Morgan fingerprint density at radius 3 is 2.45 bits per heavy atom. The fraction of sp³-hybridized carbons (Fsp3) is 0.265. The number of fused-ring (bicyclic) bond motifs is 1. The number of amides is 1. The largest absolute Gasteiger partial charge is 0.490 e. The Hall–Kier alpha value is -5.72. The summed E-state index contributed by atoms with van der Waals surface area (Å²) in [6, 6.07) is 21.8. The number of ether oxygens (including phenoxy) is 2. The number of hydrogen-bond donors (Lipinski definition) is 0. The predicted octanol–water partition coefficient (Wildman–Crippen LogP) is 2.77. The number of aromatic nitrogens is 2. The molecule has 5 aromatic rings. The van der Waals surface area contributed by atoms with E-state index in [1.54, 1.807) is 42.2 Å². The van der Waals surface area contributed by atoms with Crippen LogP contribution in [0, 0.1) is 23.5 Å². The van der Waals surface area contributed by atoms with Gasteiger partial charge in [-0.05, 0) is 59.4 Å². The van der Waals surface area contributed by atoms with Crippen LogP contribution in [0.25, 0.3) is 11.0 Å². The Morgan fingerprint density at radius 2 is 1.73 bits per heavy atom. The van der Waals surface area contributed by atoms with Gasteiger partial charge in [0, 0.05) is 44.2 Å². The molecule has 14 nitrogen and oxygen atoms in total. The summed E-state index contributed by atoms with van der Waals surface area (Å²) in [5.74, 6) is -0.311. The molecule has 0 saturated carbocycles. The standard InChI is InChI=1S/C34H31N5O9S/c1-23-28-12-11-26(45-17-18-46-32-33(39(42)48-36-32)49(43,44)27-5-3-2-4-6-27)19-30(28)47-34(41)29(23)20-31(40)38-15-13-37(14-16-38)22-25-9-7-24(21-35)8-10-25/h2-12,19H,13-18,20,22H2,1H3. The molecule has 1 aliphatic heterocycles. The van der Waals surface area contributed by atoms with Crippen LogP contribution < -0.4 is 20.0 Å². The van der Waals surface area contributed by atoms with Gasteiger partial charge in [-0.3, -0.25) is 14.3 Å². The molecule has 0 unspecified atom stereocenters. The maximum atomic E-state index is 13.2. The van der Waals surface area contributed by atoms with Crippen molar-refractivity contribution in [3.05, 3.63) is 111 Å². The molecule has 3 aromatic carbocycles. The maximum absolute atomic E-state index is 13.2. The second kappa shape index (κ2) is 14.2. The van der Waals surface area contributed by atoms with E-state index >= 15 is 0 Å². The monoisotopic (exact) mass is 685 g/mol. The molecule has 0 aliphatic carbocycles. The number of rotatable bonds is 11. The summed E-state index contributed by atoms with van der Waals surface area (Å²) in [5, 5.41) is 24.4. The number of hydrogen-bond acceptors (Lipinski definition) is 12. The third-order valence-corrected chi connectivity index (χ3v) is 9.97. The van der Waals surface area contributed by atoms with Crippen molar-refractivity contribution in [2.45, 2.75) is 29.8 Å². The number of carbonyl (C=O) groups is 1. The second-order valence-corrected chi connectivity index (χ2v) is 13.2. The van der Waals surface area contributed by atoms with Crippen LogP contribution in [-0.2, 0) is 27.6 Å². The van der Waals surface area contributed by atoms with Crippen molar-refractivity contribution in [1.82, 2.24) is 15.0 Å². The smallest absolute Gasteiger partial charge is 0.415 e. The van der Waals surface area contributed by atoms with E-state index < -0.39 is 26.4 Å². The summed E-state index contributed by atoms with van der Waals surface area (Å²) in [7, 11) is -4.26. The lowest BCUT2D eigenvalue weighted by Gasteiger charge is -2.34. The third-order valence-electron chi connectivity index (χ3n) is 8.25. The molecule has 1 saturated heterocycles. The first kappa shape index (κ1) is 33.2. The molecule has 1 amide bonds. The molecule has 15 heteroatoms. The lowest BCUT2D eigenvalue weighted by Crippen LogP contribution is -2.49. The van der Waals surface area contributed by atoms with Crippen LogP contribution in [0.15, 0.2) is 96.6 Å². The summed E-state index contributed by atoms with van der Waals surface area (Å²) >= 11 is 0. The molecule has 2 aromatic heterocycles. The predicted molar refractivity (Wildman–Crippen MR) is 172 cm³/mol. The Balaban J connectivity index is 1.04. The van der Waals surface area contributed by atoms with E-state index in [1.807, 2.05) is 12.1 Å². The quantitative estimate of drug-likeness (QED) is 0.113. The van der Waals surface area contributed by atoms with Gasteiger partial charge in [-0.1, -0.05) is 30.3 Å². The highest BCUT2D eigenvalue weighted by atomic mass is 32.2. The average molecular weight is 686 g/mol. The Bertz CT molecular complexity index is 2190. The first-order valence-electron chi connectivity index (χ1n) is 15.3. The van der Waals surface area contributed by atoms with Crippen molar-refractivity contribution in [3.8, 4) is 17.7 Å². The van der Waals surface area contributed by atoms with Crippen molar-refractivity contribution in [2.75, 3.05) is 39.4 Å². The summed E-state index contributed by atoms with van der Waals surface area (Å²) in [6.07, 6.45) is -0.0806. The van der Waals surface area contributed by atoms with Crippen LogP contribution in [0.5, 0.6) is 11.6 Å². The van der Waals surface area contributed by atoms with Gasteiger partial charge in [0.15, 0.2) is 0 Å². The molecule has 3 heterocycles. The minimum absolute atomic E-state index is 0.0708. The summed E-state index contributed by atoms with van der Waals surface area (Å²) in [5.41, 5.74) is 2.31. The molecule has 252 valence electrons. The number of benzene rings is 3. The maximum Gasteiger partial charge on any atom is 0.415 e. The number of piperazine rings is 1. The number of nitrogens with zero attached hydrogens (tertiary/aromatic N) is 5. The van der Waals surface area contributed by atoms with Crippen LogP contribution in [0.1, 0.15) is 22.3 Å². The molecule has 6 rings (SSSR count). The zero-order valence-electron chi connectivity index (χ0n) is 26.4. The fourth-order valence-corrected chi connectivity index (χ4v) is 6.86. The second-order valence-electron chi connectivity index (χ2n) is 11.3. The molecular weight excluding hydrogens is 654 g/mol. The molecule has 0 bridgehead atoms. The lowest BCUT2D eigenvalue weighted by atomic mass is 10.0. The van der Waals surface area contributed by atoms with Crippen molar-refractivity contribution >= 4 is 26.7 Å². The minimum Gasteiger partial charge on any atom is -0.490 e.